The highest BCUT2D eigenvalue weighted by Crippen LogP contribution is 2.29. The van der Waals surface area contributed by atoms with Crippen molar-refractivity contribution in [2.45, 2.75) is 0 Å². The summed E-state index contributed by atoms with van der Waals surface area (Å²) in [4.78, 5) is 33.2. The summed E-state index contributed by atoms with van der Waals surface area (Å²) in [6.45, 7) is 0. The maximum atomic E-state index is 12.1. The number of amides is 1. The zero-order valence-electron chi connectivity index (χ0n) is 10.2. The minimum absolute atomic E-state index is 0.0620. The Bertz CT molecular complexity index is 743. The van der Waals surface area contributed by atoms with Crippen LogP contribution >= 0.6 is 22.9 Å². The topological polar surface area (TPSA) is 110 Å². The van der Waals surface area contributed by atoms with E-state index in [-0.39, 0.29) is 21.2 Å². The van der Waals surface area contributed by atoms with Crippen molar-refractivity contribution in [1.29, 1.82) is 0 Å². The van der Waals surface area contributed by atoms with E-state index in [9.17, 15) is 19.7 Å². The summed E-state index contributed by atoms with van der Waals surface area (Å²) in [5.74, 6) is -1.99. The molecule has 1 heterocycles. The molecule has 2 rings (SSSR count). The Hall–Kier alpha value is -2.45. The molecule has 0 bridgehead atoms. The van der Waals surface area contributed by atoms with Gasteiger partial charge in [0, 0.05) is 0 Å². The zero-order valence-corrected chi connectivity index (χ0v) is 11.8. The molecule has 0 atom stereocenters. The van der Waals surface area contributed by atoms with Crippen molar-refractivity contribution in [3.05, 3.63) is 55.2 Å². The van der Waals surface area contributed by atoms with Crippen LogP contribution in [-0.4, -0.2) is 21.9 Å². The number of carbonyl (C=O) groups excluding carboxylic acids is 1. The van der Waals surface area contributed by atoms with Gasteiger partial charge < -0.3 is 10.4 Å². The summed E-state index contributed by atoms with van der Waals surface area (Å²) in [5, 5.41) is 23.6. The number of carboxylic acid groups (broad SMARTS) is 1. The van der Waals surface area contributed by atoms with Crippen LogP contribution in [0.5, 0.6) is 0 Å². The van der Waals surface area contributed by atoms with E-state index < -0.39 is 22.5 Å². The number of nitro benzene ring substituents is 1. The predicted molar refractivity (Wildman–Crippen MR) is 77.3 cm³/mol. The van der Waals surface area contributed by atoms with Gasteiger partial charge in [-0.2, -0.15) is 0 Å². The number of carbonyl (C=O) groups is 2. The van der Waals surface area contributed by atoms with E-state index in [2.05, 4.69) is 5.32 Å². The van der Waals surface area contributed by atoms with Crippen LogP contribution in [0.25, 0.3) is 0 Å². The van der Waals surface area contributed by atoms with Gasteiger partial charge in [0.1, 0.15) is 15.5 Å². The Balaban J connectivity index is 2.38. The van der Waals surface area contributed by atoms with E-state index in [1.807, 2.05) is 0 Å². The maximum Gasteiger partial charge on any atom is 0.348 e. The molecule has 0 saturated carbocycles. The van der Waals surface area contributed by atoms with Gasteiger partial charge in [0.2, 0.25) is 0 Å². The number of hydrogen-bond donors (Lipinski definition) is 2. The van der Waals surface area contributed by atoms with Crippen molar-refractivity contribution in [2.24, 2.45) is 0 Å². The number of thiophene rings is 1. The summed E-state index contributed by atoms with van der Waals surface area (Å²) >= 11 is 6.65. The van der Waals surface area contributed by atoms with Crippen LogP contribution in [-0.2, 0) is 0 Å². The molecule has 0 aliphatic carbocycles. The molecular formula is C12H7ClN2O5S. The monoisotopic (exact) mass is 326 g/mol. The molecule has 0 spiro atoms. The average Bonchev–Trinajstić information content (AvgIpc) is 2.86. The first-order chi connectivity index (χ1) is 9.91. The number of anilines is 1. The normalized spacial score (nSPS) is 10.1. The Morgan fingerprint density at radius 2 is 2.05 bits per heavy atom. The summed E-state index contributed by atoms with van der Waals surface area (Å²) in [5.41, 5.74) is -0.689. The van der Waals surface area contributed by atoms with Crippen molar-refractivity contribution in [2.75, 3.05) is 5.32 Å². The Labute approximate surface area is 126 Å². The van der Waals surface area contributed by atoms with Crippen LogP contribution in [0, 0.1) is 10.1 Å². The Morgan fingerprint density at radius 3 is 2.67 bits per heavy atom. The van der Waals surface area contributed by atoms with Gasteiger partial charge in [0.05, 0.1) is 10.6 Å². The van der Waals surface area contributed by atoms with Crippen molar-refractivity contribution < 1.29 is 19.6 Å². The molecule has 1 aromatic heterocycles. The highest BCUT2D eigenvalue weighted by atomic mass is 35.5. The summed E-state index contributed by atoms with van der Waals surface area (Å²) in [6.07, 6.45) is 0. The number of para-hydroxylation sites is 1. The molecule has 108 valence electrons. The number of halogens is 1. The molecule has 7 nitrogen and oxygen atoms in total. The molecule has 0 unspecified atom stereocenters. The minimum Gasteiger partial charge on any atom is -0.477 e. The molecule has 21 heavy (non-hydrogen) atoms. The lowest BCUT2D eigenvalue weighted by Crippen LogP contribution is -2.15. The zero-order chi connectivity index (χ0) is 15.6. The van der Waals surface area contributed by atoms with Crippen LogP contribution in [0.15, 0.2) is 29.6 Å². The van der Waals surface area contributed by atoms with Crippen molar-refractivity contribution in [3.8, 4) is 0 Å². The second-order valence-corrected chi connectivity index (χ2v) is 5.14. The quantitative estimate of drug-likeness (QED) is 0.662. The van der Waals surface area contributed by atoms with Gasteiger partial charge in [-0.05, 0) is 23.6 Å². The smallest absolute Gasteiger partial charge is 0.348 e. The largest absolute Gasteiger partial charge is 0.477 e. The number of nitro groups is 1. The van der Waals surface area contributed by atoms with Gasteiger partial charge in [-0.15, -0.1) is 11.3 Å². The SMILES string of the molecule is O=C(Nc1ccsc1C(=O)O)c1cccc(Cl)c1[N+](=O)[O-]. The van der Waals surface area contributed by atoms with Crippen LogP contribution < -0.4 is 5.32 Å². The minimum atomic E-state index is -1.19. The van der Waals surface area contributed by atoms with Gasteiger partial charge in [-0.25, -0.2) is 4.79 Å². The van der Waals surface area contributed by atoms with E-state index in [4.69, 9.17) is 16.7 Å². The van der Waals surface area contributed by atoms with Gasteiger partial charge in [0.25, 0.3) is 5.91 Å². The number of nitrogens with one attached hydrogen (secondary N) is 1. The van der Waals surface area contributed by atoms with E-state index in [0.29, 0.717) is 0 Å². The second kappa shape index (κ2) is 5.90. The fraction of sp³-hybridized carbons (Fsp3) is 0. The lowest BCUT2D eigenvalue weighted by atomic mass is 10.1. The number of nitrogens with zero attached hydrogens (tertiary/aromatic N) is 1. The molecule has 0 saturated heterocycles. The third kappa shape index (κ3) is 3.01. The van der Waals surface area contributed by atoms with E-state index in [0.717, 1.165) is 11.3 Å². The first-order valence-corrected chi connectivity index (χ1v) is 6.72. The fourth-order valence-electron chi connectivity index (χ4n) is 1.65. The maximum absolute atomic E-state index is 12.1. The summed E-state index contributed by atoms with van der Waals surface area (Å²) in [7, 11) is 0. The van der Waals surface area contributed by atoms with E-state index in [1.165, 1.54) is 29.6 Å². The molecule has 0 aliphatic rings. The first kappa shape index (κ1) is 14.9. The number of aromatic carboxylic acids is 1. The Kier molecular flexibility index (Phi) is 4.20. The van der Waals surface area contributed by atoms with Crippen molar-refractivity contribution in [3.63, 3.8) is 0 Å². The summed E-state index contributed by atoms with van der Waals surface area (Å²) in [6, 6.07) is 5.34. The van der Waals surface area contributed by atoms with Gasteiger partial charge in [-0.3, -0.25) is 14.9 Å². The lowest BCUT2D eigenvalue weighted by molar-refractivity contribution is -0.385. The highest BCUT2D eigenvalue weighted by molar-refractivity contribution is 7.12. The molecule has 1 amide bonds. The number of rotatable bonds is 4. The van der Waals surface area contributed by atoms with Gasteiger partial charge >= 0.3 is 11.7 Å². The molecule has 2 aromatic rings. The predicted octanol–water partition coefficient (Wildman–Crippen LogP) is 3.26. The fourth-order valence-corrected chi connectivity index (χ4v) is 2.58. The third-order valence-corrected chi connectivity index (χ3v) is 3.73. The number of hydrogen-bond acceptors (Lipinski definition) is 5. The molecule has 0 fully saturated rings. The average molecular weight is 327 g/mol. The highest BCUT2D eigenvalue weighted by Gasteiger charge is 2.24. The second-order valence-electron chi connectivity index (χ2n) is 3.82. The molecule has 9 heteroatoms. The molecule has 2 N–H and O–H groups in total. The number of carboxylic acids is 1. The third-order valence-electron chi connectivity index (χ3n) is 2.52. The van der Waals surface area contributed by atoms with Gasteiger partial charge in [-0.1, -0.05) is 17.7 Å². The van der Waals surface area contributed by atoms with Gasteiger partial charge in [0.15, 0.2) is 0 Å². The lowest BCUT2D eigenvalue weighted by Gasteiger charge is -2.06. The van der Waals surface area contributed by atoms with Crippen LogP contribution in [0.3, 0.4) is 0 Å². The standard InChI is InChI=1S/C12H7ClN2O5S/c13-7-3-1-2-6(9(7)15(19)20)11(16)14-8-4-5-21-10(8)12(17)18/h1-5H,(H,14,16)(H,17,18). The van der Waals surface area contributed by atoms with E-state index in [1.54, 1.807) is 0 Å². The van der Waals surface area contributed by atoms with Crippen molar-refractivity contribution in [1.82, 2.24) is 0 Å². The number of benzene rings is 1. The Morgan fingerprint density at radius 1 is 1.33 bits per heavy atom. The van der Waals surface area contributed by atoms with Crippen LogP contribution in [0.4, 0.5) is 11.4 Å². The van der Waals surface area contributed by atoms with E-state index >= 15 is 0 Å². The molecule has 1 aromatic carbocycles. The van der Waals surface area contributed by atoms with Crippen molar-refractivity contribution >= 4 is 46.2 Å². The summed E-state index contributed by atoms with van der Waals surface area (Å²) < 4.78 is 0. The van der Waals surface area contributed by atoms with Crippen LogP contribution in [0.1, 0.15) is 20.0 Å². The molecule has 0 radical (unpaired) electrons. The first-order valence-electron chi connectivity index (χ1n) is 5.47. The molecular weight excluding hydrogens is 320 g/mol. The molecule has 0 aliphatic heterocycles. The van der Waals surface area contributed by atoms with Crippen LogP contribution in [0.2, 0.25) is 5.02 Å².